The highest BCUT2D eigenvalue weighted by atomic mass is 32.1. The highest BCUT2D eigenvalue weighted by Crippen LogP contribution is 2.65. The van der Waals surface area contributed by atoms with Crippen molar-refractivity contribution in [1.82, 2.24) is 5.32 Å². The third-order valence-electron chi connectivity index (χ3n) is 4.40. The molecular formula is C11H17NOS. The average molecular weight is 211 g/mol. The summed E-state index contributed by atoms with van der Waals surface area (Å²) in [7, 11) is 0. The monoisotopic (exact) mass is 211 g/mol. The molecule has 3 saturated carbocycles. The molecule has 3 aliphatic carbocycles. The summed E-state index contributed by atoms with van der Waals surface area (Å²) < 4.78 is 0. The lowest BCUT2D eigenvalue weighted by Crippen LogP contribution is -2.29. The maximum Gasteiger partial charge on any atom is 0.221 e. The van der Waals surface area contributed by atoms with Crippen LogP contribution in [0.1, 0.15) is 25.7 Å². The summed E-state index contributed by atoms with van der Waals surface area (Å²) in [4.78, 5) is 11.4. The fourth-order valence-corrected chi connectivity index (χ4v) is 4.08. The highest BCUT2D eigenvalue weighted by Gasteiger charge is 2.65. The molecule has 4 atom stereocenters. The van der Waals surface area contributed by atoms with E-state index in [-0.39, 0.29) is 5.91 Å². The van der Waals surface area contributed by atoms with Crippen molar-refractivity contribution in [3.05, 3.63) is 0 Å². The summed E-state index contributed by atoms with van der Waals surface area (Å²) in [5, 5.41) is 3.17. The zero-order chi connectivity index (χ0) is 9.71. The summed E-state index contributed by atoms with van der Waals surface area (Å²) in [6.45, 7) is 0. The number of fused-ring (bicyclic) bond motifs is 5. The Morgan fingerprint density at radius 2 is 1.93 bits per heavy atom. The van der Waals surface area contributed by atoms with Crippen molar-refractivity contribution in [3.63, 3.8) is 0 Å². The van der Waals surface area contributed by atoms with Gasteiger partial charge in [0, 0.05) is 12.5 Å². The molecule has 4 unspecified atom stereocenters. The maximum absolute atomic E-state index is 11.4. The van der Waals surface area contributed by atoms with Crippen LogP contribution < -0.4 is 5.32 Å². The molecule has 0 saturated heterocycles. The van der Waals surface area contributed by atoms with E-state index < -0.39 is 0 Å². The SMILES string of the molecule is O=C(CCS)NC1C2C3CCC(C3)C12. The first-order valence-corrected chi connectivity index (χ1v) is 6.34. The van der Waals surface area contributed by atoms with Crippen LogP contribution >= 0.6 is 12.6 Å². The summed E-state index contributed by atoms with van der Waals surface area (Å²) in [6.07, 6.45) is 4.87. The first-order chi connectivity index (χ1) is 6.81. The molecule has 14 heavy (non-hydrogen) atoms. The number of carbonyl (C=O) groups is 1. The fourth-order valence-electron chi connectivity index (χ4n) is 3.88. The minimum Gasteiger partial charge on any atom is -0.353 e. The van der Waals surface area contributed by atoms with Gasteiger partial charge in [-0.05, 0) is 48.7 Å². The summed E-state index contributed by atoms with van der Waals surface area (Å²) in [5.74, 6) is 4.49. The maximum atomic E-state index is 11.4. The minimum absolute atomic E-state index is 0.207. The van der Waals surface area contributed by atoms with Crippen LogP contribution in [-0.4, -0.2) is 17.7 Å². The third-order valence-corrected chi connectivity index (χ3v) is 4.63. The summed E-state index contributed by atoms with van der Waals surface area (Å²) in [5.41, 5.74) is 0. The first-order valence-electron chi connectivity index (χ1n) is 5.71. The molecular weight excluding hydrogens is 194 g/mol. The van der Waals surface area contributed by atoms with Gasteiger partial charge in [-0.3, -0.25) is 4.79 Å². The topological polar surface area (TPSA) is 29.1 Å². The molecule has 0 aromatic rings. The number of amides is 1. The van der Waals surface area contributed by atoms with E-state index in [9.17, 15) is 4.79 Å². The van der Waals surface area contributed by atoms with Crippen LogP contribution in [0, 0.1) is 23.7 Å². The van der Waals surface area contributed by atoms with E-state index in [1.54, 1.807) is 0 Å². The van der Waals surface area contributed by atoms with Crippen molar-refractivity contribution in [2.24, 2.45) is 23.7 Å². The number of hydrogen-bond donors (Lipinski definition) is 2. The first kappa shape index (κ1) is 9.08. The second-order valence-electron chi connectivity index (χ2n) is 5.05. The van der Waals surface area contributed by atoms with Crippen LogP contribution in [0.25, 0.3) is 0 Å². The smallest absolute Gasteiger partial charge is 0.221 e. The average Bonchev–Trinajstić information content (AvgIpc) is 2.60. The van der Waals surface area contributed by atoms with Crippen LogP contribution in [0.2, 0.25) is 0 Å². The number of nitrogens with one attached hydrogen (secondary N) is 1. The second-order valence-corrected chi connectivity index (χ2v) is 5.50. The Morgan fingerprint density at radius 1 is 1.29 bits per heavy atom. The number of hydrogen-bond acceptors (Lipinski definition) is 2. The standard InChI is InChI=1S/C11H17NOS/c13-8(3-4-14)12-11-9-6-1-2-7(5-6)10(9)11/h6-7,9-11,14H,1-5H2,(H,12,13). The second kappa shape index (κ2) is 3.16. The fraction of sp³-hybridized carbons (Fsp3) is 0.909. The molecule has 3 aliphatic rings. The Labute approximate surface area is 90.2 Å². The molecule has 0 aromatic heterocycles. The molecule has 0 heterocycles. The van der Waals surface area contributed by atoms with E-state index >= 15 is 0 Å². The minimum atomic E-state index is 0.207. The molecule has 0 spiro atoms. The predicted molar refractivity (Wildman–Crippen MR) is 58.2 cm³/mol. The lowest BCUT2D eigenvalue weighted by atomic mass is 10.0. The summed E-state index contributed by atoms with van der Waals surface area (Å²) >= 11 is 4.07. The van der Waals surface area contributed by atoms with Crippen molar-refractivity contribution in [1.29, 1.82) is 0 Å². The van der Waals surface area contributed by atoms with E-state index in [2.05, 4.69) is 17.9 Å². The van der Waals surface area contributed by atoms with Crippen LogP contribution in [0.3, 0.4) is 0 Å². The van der Waals surface area contributed by atoms with Crippen molar-refractivity contribution in [2.45, 2.75) is 31.7 Å². The van der Waals surface area contributed by atoms with E-state index in [0.29, 0.717) is 18.2 Å². The Morgan fingerprint density at radius 3 is 2.50 bits per heavy atom. The van der Waals surface area contributed by atoms with Crippen molar-refractivity contribution >= 4 is 18.5 Å². The molecule has 3 heteroatoms. The lowest BCUT2D eigenvalue weighted by molar-refractivity contribution is -0.121. The van der Waals surface area contributed by atoms with Crippen LogP contribution in [0.5, 0.6) is 0 Å². The Hall–Kier alpha value is -0.180. The van der Waals surface area contributed by atoms with Gasteiger partial charge in [-0.25, -0.2) is 0 Å². The van der Waals surface area contributed by atoms with Gasteiger partial charge in [-0.15, -0.1) is 0 Å². The normalized spacial score (nSPS) is 47.6. The number of thiol groups is 1. The largest absolute Gasteiger partial charge is 0.353 e. The van der Waals surface area contributed by atoms with Gasteiger partial charge in [0.2, 0.25) is 5.91 Å². The Kier molecular flexibility index (Phi) is 2.05. The van der Waals surface area contributed by atoms with Crippen LogP contribution in [0.15, 0.2) is 0 Å². The van der Waals surface area contributed by atoms with E-state index in [4.69, 9.17) is 0 Å². The highest BCUT2D eigenvalue weighted by molar-refractivity contribution is 7.80. The third kappa shape index (κ3) is 1.21. The van der Waals surface area contributed by atoms with Crippen molar-refractivity contribution in [3.8, 4) is 0 Å². The molecule has 3 fully saturated rings. The molecule has 0 aliphatic heterocycles. The van der Waals surface area contributed by atoms with Gasteiger partial charge in [-0.2, -0.15) is 12.6 Å². The van der Waals surface area contributed by atoms with E-state index in [1.807, 2.05) is 0 Å². The van der Waals surface area contributed by atoms with Gasteiger partial charge in [0.25, 0.3) is 0 Å². The summed E-state index contributed by atoms with van der Waals surface area (Å²) in [6, 6.07) is 0.550. The molecule has 1 amide bonds. The molecule has 78 valence electrons. The van der Waals surface area contributed by atoms with Crippen LogP contribution in [0.4, 0.5) is 0 Å². The molecule has 2 bridgehead atoms. The quantitative estimate of drug-likeness (QED) is 0.680. The Bertz CT molecular complexity index is 252. The van der Waals surface area contributed by atoms with Gasteiger partial charge in [-0.1, -0.05) is 0 Å². The Balaban J connectivity index is 1.56. The lowest BCUT2D eigenvalue weighted by Gasteiger charge is -2.09. The zero-order valence-electron chi connectivity index (χ0n) is 8.28. The van der Waals surface area contributed by atoms with Gasteiger partial charge in [0.1, 0.15) is 0 Å². The van der Waals surface area contributed by atoms with Gasteiger partial charge in [0.15, 0.2) is 0 Å². The molecule has 0 aromatic carbocycles. The van der Waals surface area contributed by atoms with Gasteiger partial charge < -0.3 is 5.32 Å². The molecule has 2 nitrogen and oxygen atoms in total. The zero-order valence-corrected chi connectivity index (χ0v) is 9.17. The van der Waals surface area contributed by atoms with Gasteiger partial charge >= 0.3 is 0 Å². The van der Waals surface area contributed by atoms with Crippen LogP contribution in [-0.2, 0) is 4.79 Å². The molecule has 1 N–H and O–H groups in total. The van der Waals surface area contributed by atoms with E-state index in [1.165, 1.54) is 19.3 Å². The van der Waals surface area contributed by atoms with E-state index in [0.717, 1.165) is 23.7 Å². The number of carbonyl (C=O) groups excluding carboxylic acids is 1. The van der Waals surface area contributed by atoms with Crippen molar-refractivity contribution in [2.75, 3.05) is 5.75 Å². The predicted octanol–water partition coefficient (Wildman–Crippen LogP) is 1.47. The molecule has 3 rings (SSSR count). The van der Waals surface area contributed by atoms with Crippen molar-refractivity contribution < 1.29 is 4.79 Å². The molecule has 0 radical (unpaired) electrons. The number of rotatable bonds is 3. The van der Waals surface area contributed by atoms with Gasteiger partial charge in [0.05, 0.1) is 0 Å².